The molecule has 0 saturated carbocycles. The van der Waals surface area contributed by atoms with E-state index in [1.807, 2.05) is 42.5 Å². The van der Waals surface area contributed by atoms with Gasteiger partial charge in [-0.1, -0.05) is 18.2 Å². The first kappa shape index (κ1) is 15.7. The van der Waals surface area contributed by atoms with E-state index in [4.69, 9.17) is 4.74 Å². The summed E-state index contributed by atoms with van der Waals surface area (Å²) >= 11 is 0. The number of pyridine rings is 1. The Balaban J connectivity index is 1.77. The van der Waals surface area contributed by atoms with Crippen molar-refractivity contribution in [3.8, 4) is 17.0 Å². The number of hydrogen-bond donors (Lipinski definition) is 1. The van der Waals surface area contributed by atoms with Gasteiger partial charge in [0.25, 0.3) is 5.91 Å². The minimum Gasteiger partial charge on any atom is -0.497 e. The number of nitrogens with one attached hydrogen (secondary N) is 1. The van der Waals surface area contributed by atoms with Gasteiger partial charge in [0.1, 0.15) is 11.4 Å². The number of rotatable bonds is 5. The van der Waals surface area contributed by atoms with E-state index in [9.17, 15) is 4.79 Å². The van der Waals surface area contributed by atoms with Crippen molar-refractivity contribution in [3.05, 3.63) is 66.1 Å². The summed E-state index contributed by atoms with van der Waals surface area (Å²) in [4.78, 5) is 16.6. The van der Waals surface area contributed by atoms with Crippen molar-refractivity contribution in [2.24, 2.45) is 7.05 Å². The minimum atomic E-state index is -0.190. The lowest BCUT2D eigenvalue weighted by Crippen LogP contribution is -2.25. The lowest BCUT2D eigenvalue weighted by molar-refractivity contribution is 0.0941. The zero-order chi connectivity index (χ0) is 16.9. The molecule has 6 nitrogen and oxygen atoms in total. The third kappa shape index (κ3) is 3.43. The topological polar surface area (TPSA) is 69.0 Å². The number of aryl methyl sites for hydroxylation is 1. The zero-order valence-electron chi connectivity index (χ0n) is 13.6. The van der Waals surface area contributed by atoms with Gasteiger partial charge in [0.05, 0.1) is 25.0 Å². The van der Waals surface area contributed by atoms with Crippen molar-refractivity contribution >= 4 is 5.91 Å². The van der Waals surface area contributed by atoms with E-state index < -0.39 is 0 Å². The molecule has 24 heavy (non-hydrogen) atoms. The molecule has 1 N–H and O–H groups in total. The maximum absolute atomic E-state index is 12.4. The van der Waals surface area contributed by atoms with Crippen molar-refractivity contribution in [2.75, 3.05) is 7.11 Å². The Morgan fingerprint density at radius 1 is 1.21 bits per heavy atom. The predicted octanol–water partition coefficient (Wildman–Crippen LogP) is 2.42. The molecule has 2 aromatic heterocycles. The number of carbonyl (C=O) groups excluding carboxylic acids is 1. The molecule has 0 radical (unpaired) electrons. The van der Waals surface area contributed by atoms with Crippen LogP contribution in [-0.2, 0) is 13.6 Å². The van der Waals surface area contributed by atoms with Crippen molar-refractivity contribution in [3.63, 3.8) is 0 Å². The number of benzene rings is 1. The van der Waals surface area contributed by atoms with Crippen molar-refractivity contribution in [1.82, 2.24) is 20.1 Å². The quantitative estimate of drug-likeness (QED) is 0.783. The number of methoxy groups -OCH3 is 1. The number of hydrogen-bond acceptors (Lipinski definition) is 4. The summed E-state index contributed by atoms with van der Waals surface area (Å²) in [5.74, 6) is 0.559. The van der Waals surface area contributed by atoms with Gasteiger partial charge >= 0.3 is 0 Å². The van der Waals surface area contributed by atoms with E-state index >= 15 is 0 Å². The van der Waals surface area contributed by atoms with Crippen molar-refractivity contribution < 1.29 is 9.53 Å². The second-order valence-corrected chi connectivity index (χ2v) is 5.27. The van der Waals surface area contributed by atoms with Gasteiger partial charge in [-0.2, -0.15) is 5.10 Å². The average molecular weight is 322 g/mol. The Bertz CT molecular complexity index is 843. The predicted molar refractivity (Wildman–Crippen MR) is 90.6 cm³/mol. The van der Waals surface area contributed by atoms with Crippen LogP contribution in [0.2, 0.25) is 0 Å². The van der Waals surface area contributed by atoms with Gasteiger partial charge in [-0.05, 0) is 30.3 Å². The normalized spacial score (nSPS) is 10.4. The molecule has 3 rings (SSSR count). The molecule has 0 fully saturated rings. The van der Waals surface area contributed by atoms with Gasteiger partial charge in [-0.25, -0.2) is 0 Å². The molecule has 3 aromatic rings. The highest BCUT2D eigenvalue weighted by Gasteiger charge is 2.14. The van der Waals surface area contributed by atoms with Crippen LogP contribution in [0.5, 0.6) is 5.75 Å². The summed E-state index contributed by atoms with van der Waals surface area (Å²) in [5, 5.41) is 7.27. The molecular weight excluding hydrogens is 304 g/mol. The fraction of sp³-hybridized carbons (Fsp3) is 0.167. The lowest BCUT2D eigenvalue weighted by atomic mass is 10.1. The minimum absolute atomic E-state index is 0.190. The molecule has 1 aromatic carbocycles. The summed E-state index contributed by atoms with van der Waals surface area (Å²) in [6.07, 6.45) is 1.70. The van der Waals surface area contributed by atoms with Crippen LogP contribution in [0.4, 0.5) is 0 Å². The van der Waals surface area contributed by atoms with Crippen LogP contribution < -0.4 is 10.1 Å². The molecule has 0 atom stereocenters. The average Bonchev–Trinajstić information content (AvgIpc) is 3.02. The number of aromatic nitrogens is 3. The number of carbonyl (C=O) groups is 1. The van der Waals surface area contributed by atoms with E-state index in [1.165, 1.54) is 0 Å². The van der Waals surface area contributed by atoms with Crippen LogP contribution in [0.15, 0.2) is 54.7 Å². The summed E-state index contributed by atoms with van der Waals surface area (Å²) < 4.78 is 6.80. The first-order valence-electron chi connectivity index (χ1n) is 7.54. The molecule has 0 saturated heterocycles. The number of amides is 1. The van der Waals surface area contributed by atoms with Crippen LogP contribution in [0.25, 0.3) is 11.3 Å². The van der Waals surface area contributed by atoms with Gasteiger partial charge in [0.15, 0.2) is 0 Å². The molecule has 6 heteroatoms. The number of nitrogens with zero attached hydrogens (tertiary/aromatic N) is 3. The van der Waals surface area contributed by atoms with Crippen molar-refractivity contribution in [1.29, 1.82) is 0 Å². The second kappa shape index (κ2) is 6.95. The van der Waals surface area contributed by atoms with E-state index in [2.05, 4.69) is 15.4 Å². The smallest absolute Gasteiger partial charge is 0.269 e. The molecule has 0 spiro atoms. The van der Waals surface area contributed by atoms with Crippen LogP contribution in [0.1, 0.15) is 16.2 Å². The maximum atomic E-state index is 12.4. The van der Waals surface area contributed by atoms with E-state index in [-0.39, 0.29) is 5.91 Å². The highest BCUT2D eigenvalue weighted by atomic mass is 16.5. The first-order chi connectivity index (χ1) is 11.7. The lowest BCUT2D eigenvalue weighted by Gasteiger charge is -2.04. The molecule has 0 aliphatic heterocycles. The molecule has 0 bridgehead atoms. The second-order valence-electron chi connectivity index (χ2n) is 5.27. The largest absolute Gasteiger partial charge is 0.497 e. The van der Waals surface area contributed by atoms with Gasteiger partial charge < -0.3 is 10.1 Å². The van der Waals surface area contributed by atoms with Crippen molar-refractivity contribution in [2.45, 2.75) is 6.54 Å². The van der Waals surface area contributed by atoms with Gasteiger partial charge in [-0.15, -0.1) is 0 Å². The van der Waals surface area contributed by atoms with E-state index in [0.717, 1.165) is 22.7 Å². The Hall–Kier alpha value is -3.15. The fourth-order valence-corrected chi connectivity index (χ4v) is 2.37. The van der Waals surface area contributed by atoms with Gasteiger partial charge in [0, 0.05) is 18.8 Å². The SMILES string of the molecule is COc1cccc(-c2cc(C(=O)NCc3ccccn3)n(C)n2)c1. The zero-order valence-corrected chi connectivity index (χ0v) is 13.6. The third-order valence-electron chi connectivity index (χ3n) is 3.63. The Morgan fingerprint density at radius 3 is 2.83 bits per heavy atom. The molecule has 0 aliphatic carbocycles. The highest BCUT2D eigenvalue weighted by Crippen LogP contribution is 2.23. The van der Waals surface area contributed by atoms with Crippen LogP contribution in [0.3, 0.4) is 0 Å². The molecule has 0 unspecified atom stereocenters. The Kier molecular flexibility index (Phi) is 4.56. The van der Waals surface area contributed by atoms with Gasteiger partial charge in [0.2, 0.25) is 0 Å². The van der Waals surface area contributed by atoms with Gasteiger partial charge in [-0.3, -0.25) is 14.5 Å². The van der Waals surface area contributed by atoms with E-state index in [0.29, 0.717) is 12.2 Å². The molecule has 2 heterocycles. The Labute approximate surface area is 140 Å². The standard InChI is InChI=1S/C18H18N4O2/c1-22-17(18(23)20-12-14-7-3-4-9-19-14)11-16(21-22)13-6-5-8-15(10-13)24-2/h3-11H,12H2,1-2H3,(H,20,23). The van der Waals surface area contributed by atoms with Crippen LogP contribution >= 0.6 is 0 Å². The summed E-state index contributed by atoms with van der Waals surface area (Å²) in [6.45, 7) is 0.374. The number of ether oxygens (including phenoxy) is 1. The molecule has 122 valence electrons. The van der Waals surface area contributed by atoms with Crippen LogP contribution in [-0.4, -0.2) is 27.8 Å². The van der Waals surface area contributed by atoms with Crippen LogP contribution in [0, 0.1) is 0 Å². The summed E-state index contributed by atoms with van der Waals surface area (Å²) in [7, 11) is 3.37. The summed E-state index contributed by atoms with van der Waals surface area (Å²) in [5.41, 5.74) is 2.91. The highest BCUT2D eigenvalue weighted by molar-refractivity contribution is 5.93. The Morgan fingerprint density at radius 2 is 2.08 bits per heavy atom. The molecular formula is C18H18N4O2. The fourth-order valence-electron chi connectivity index (χ4n) is 2.37. The third-order valence-corrected chi connectivity index (χ3v) is 3.63. The summed E-state index contributed by atoms with van der Waals surface area (Å²) in [6, 6.07) is 14.9. The van der Waals surface area contributed by atoms with E-state index in [1.54, 1.807) is 31.1 Å². The monoisotopic (exact) mass is 322 g/mol. The first-order valence-corrected chi connectivity index (χ1v) is 7.54. The maximum Gasteiger partial charge on any atom is 0.269 e. The molecule has 0 aliphatic rings. The molecule has 1 amide bonds.